The maximum atomic E-state index is 11.4. The summed E-state index contributed by atoms with van der Waals surface area (Å²) in [6.45, 7) is 6.41. The van der Waals surface area contributed by atoms with E-state index in [1.54, 1.807) is 18.3 Å². The summed E-state index contributed by atoms with van der Waals surface area (Å²) in [7, 11) is -2.88. The molecule has 0 saturated heterocycles. The molecule has 0 aliphatic carbocycles. The molecule has 0 fully saturated rings. The van der Waals surface area contributed by atoms with E-state index >= 15 is 0 Å². The summed E-state index contributed by atoms with van der Waals surface area (Å²) < 4.78 is 22.8. The fourth-order valence-corrected chi connectivity index (χ4v) is 3.38. The van der Waals surface area contributed by atoms with Gasteiger partial charge in [0.05, 0.1) is 5.75 Å². The fraction of sp³-hybridized carbons (Fsp3) is 0.636. The average Bonchev–Trinajstić information content (AvgIpc) is 2.60. The Kier molecular flexibility index (Phi) is 4.95. The molecular formula is C11H19NO2S2. The van der Waals surface area contributed by atoms with E-state index in [9.17, 15) is 8.42 Å². The van der Waals surface area contributed by atoms with Gasteiger partial charge in [-0.15, -0.1) is 0 Å². The molecule has 0 bridgehead atoms. The quantitative estimate of drug-likeness (QED) is 0.851. The molecule has 1 heterocycles. The zero-order valence-corrected chi connectivity index (χ0v) is 11.6. The van der Waals surface area contributed by atoms with Crippen molar-refractivity contribution in [3.05, 3.63) is 21.9 Å². The minimum Gasteiger partial charge on any atom is -0.309 e. The Labute approximate surface area is 102 Å². The zero-order chi connectivity index (χ0) is 12.2. The Hall–Kier alpha value is -0.390. The van der Waals surface area contributed by atoms with Crippen molar-refractivity contribution >= 4 is 21.2 Å². The van der Waals surface area contributed by atoms with Crippen LogP contribution in [0.2, 0.25) is 0 Å². The molecule has 1 atom stereocenters. The van der Waals surface area contributed by atoms with Crippen LogP contribution in [0.25, 0.3) is 0 Å². The minimum atomic E-state index is -2.88. The maximum absolute atomic E-state index is 11.4. The highest BCUT2D eigenvalue weighted by molar-refractivity contribution is 7.91. The van der Waals surface area contributed by atoms with Crippen molar-refractivity contribution < 1.29 is 8.42 Å². The molecule has 0 aliphatic heterocycles. The standard InChI is InChI=1S/C11H19NO2S2/c1-4-16(13,14)8-10(3)12-5-11-7-15-6-9(11)2/h6-7,10,12H,4-5,8H2,1-3H3. The lowest BCUT2D eigenvalue weighted by atomic mass is 10.2. The molecule has 0 aliphatic rings. The summed E-state index contributed by atoms with van der Waals surface area (Å²) in [4.78, 5) is 0. The van der Waals surface area contributed by atoms with Gasteiger partial charge >= 0.3 is 0 Å². The molecule has 0 radical (unpaired) electrons. The van der Waals surface area contributed by atoms with Crippen molar-refractivity contribution in [2.24, 2.45) is 0 Å². The van der Waals surface area contributed by atoms with E-state index in [0.717, 1.165) is 6.54 Å². The predicted octanol–water partition coefficient (Wildman–Crippen LogP) is 1.97. The summed E-state index contributed by atoms with van der Waals surface area (Å²) in [6.07, 6.45) is 0. The van der Waals surface area contributed by atoms with Crippen LogP contribution in [-0.4, -0.2) is 26.0 Å². The van der Waals surface area contributed by atoms with Gasteiger partial charge in [0.25, 0.3) is 0 Å². The molecule has 1 aromatic heterocycles. The van der Waals surface area contributed by atoms with Crippen LogP contribution in [-0.2, 0) is 16.4 Å². The molecular weight excluding hydrogens is 242 g/mol. The van der Waals surface area contributed by atoms with Crippen molar-refractivity contribution in [3.8, 4) is 0 Å². The minimum absolute atomic E-state index is 0.00394. The van der Waals surface area contributed by atoms with E-state index in [-0.39, 0.29) is 17.5 Å². The molecule has 0 aromatic carbocycles. The monoisotopic (exact) mass is 261 g/mol. The van der Waals surface area contributed by atoms with Crippen molar-refractivity contribution in [1.82, 2.24) is 5.32 Å². The summed E-state index contributed by atoms with van der Waals surface area (Å²) >= 11 is 1.68. The second-order valence-electron chi connectivity index (χ2n) is 4.06. The van der Waals surface area contributed by atoms with Gasteiger partial charge in [-0.05, 0) is 35.7 Å². The molecule has 0 saturated carbocycles. The van der Waals surface area contributed by atoms with Gasteiger partial charge in [-0.3, -0.25) is 0 Å². The molecule has 92 valence electrons. The predicted molar refractivity (Wildman–Crippen MR) is 69.7 cm³/mol. The average molecular weight is 261 g/mol. The van der Waals surface area contributed by atoms with Crippen molar-refractivity contribution in [2.45, 2.75) is 33.4 Å². The summed E-state index contributed by atoms with van der Waals surface area (Å²) in [5.41, 5.74) is 2.52. The highest BCUT2D eigenvalue weighted by atomic mass is 32.2. The lowest BCUT2D eigenvalue weighted by Gasteiger charge is -2.13. The Morgan fingerprint density at radius 2 is 2.12 bits per heavy atom. The van der Waals surface area contributed by atoms with Crippen molar-refractivity contribution in [3.63, 3.8) is 0 Å². The molecule has 1 rings (SSSR count). The smallest absolute Gasteiger partial charge is 0.151 e. The second-order valence-corrected chi connectivity index (χ2v) is 7.20. The van der Waals surface area contributed by atoms with Gasteiger partial charge in [0, 0.05) is 18.3 Å². The highest BCUT2D eigenvalue weighted by Crippen LogP contribution is 2.13. The molecule has 1 N–H and O–H groups in total. The summed E-state index contributed by atoms with van der Waals surface area (Å²) in [6, 6.07) is 0.00394. The molecule has 5 heteroatoms. The lowest BCUT2D eigenvalue weighted by molar-refractivity contribution is 0.557. The molecule has 0 spiro atoms. The van der Waals surface area contributed by atoms with E-state index in [0.29, 0.717) is 0 Å². The maximum Gasteiger partial charge on any atom is 0.151 e. The first-order chi connectivity index (χ1) is 7.44. The molecule has 16 heavy (non-hydrogen) atoms. The number of nitrogens with one attached hydrogen (secondary N) is 1. The van der Waals surface area contributed by atoms with Crippen LogP contribution in [0, 0.1) is 6.92 Å². The first kappa shape index (κ1) is 13.7. The van der Waals surface area contributed by atoms with Gasteiger partial charge in [-0.25, -0.2) is 8.42 Å². The Bertz CT molecular complexity index is 423. The number of hydrogen-bond acceptors (Lipinski definition) is 4. The third-order valence-electron chi connectivity index (χ3n) is 2.55. The normalized spacial score (nSPS) is 13.9. The van der Waals surface area contributed by atoms with Gasteiger partial charge in [0.15, 0.2) is 9.84 Å². The SMILES string of the molecule is CCS(=O)(=O)CC(C)NCc1cscc1C. The van der Waals surface area contributed by atoms with Crippen molar-refractivity contribution in [1.29, 1.82) is 0 Å². The van der Waals surface area contributed by atoms with Gasteiger partial charge in [0.2, 0.25) is 0 Å². The van der Waals surface area contributed by atoms with Crippen LogP contribution >= 0.6 is 11.3 Å². The van der Waals surface area contributed by atoms with Gasteiger partial charge in [-0.2, -0.15) is 11.3 Å². The zero-order valence-electron chi connectivity index (χ0n) is 9.99. The third kappa shape index (κ3) is 4.23. The van der Waals surface area contributed by atoms with Crippen LogP contribution in [0.1, 0.15) is 25.0 Å². The van der Waals surface area contributed by atoms with Gasteiger partial charge < -0.3 is 5.32 Å². The van der Waals surface area contributed by atoms with E-state index in [2.05, 4.69) is 23.0 Å². The topological polar surface area (TPSA) is 46.2 Å². The van der Waals surface area contributed by atoms with Gasteiger partial charge in [-0.1, -0.05) is 6.92 Å². The molecule has 1 aromatic rings. The van der Waals surface area contributed by atoms with Crippen LogP contribution in [0.5, 0.6) is 0 Å². The van der Waals surface area contributed by atoms with Gasteiger partial charge in [0.1, 0.15) is 0 Å². The Balaban J connectivity index is 2.42. The Morgan fingerprint density at radius 1 is 1.44 bits per heavy atom. The first-order valence-corrected chi connectivity index (χ1v) is 8.16. The first-order valence-electron chi connectivity index (χ1n) is 5.40. The van der Waals surface area contributed by atoms with Crippen LogP contribution < -0.4 is 5.32 Å². The lowest BCUT2D eigenvalue weighted by Crippen LogP contribution is -2.33. The van der Waals surface area contributed by atoms with Crippen LogP contribution in [0.15, 0.2) is 10.8 Å². The third-order valence-corrected chi connectivity index (χ3v) is 5.34. The number of hydrogen-bond donors (Lipinski definition) is 1. The van der Waals surface area contributed by atoms with Crippen molar-refractivity contribution in [2.75, 3.05) is 11.5 Å². The van der Waals surface area contributed by atoms with Crippen LogP contribution in [0.3, 0.4) is 0 Å². The largest absolute Gasteiger partial charge is 0.309 e. The van der Waals surface area contributed by atoms with E-state index in [1.807, 2.05) is 6.92 Å². The number of rotatable bonds is 6. The van der Waals surface area contributed by atoms with E-state index in [1.165, 1.54) is 11.1 Å². The van der Waals surface area contributed by atoms with Crippen LogP contribution in [0.4, 0.5) is 0 Å². The fourth-order valence-electron chi connectivity index (χ4n) is 1.41. The summed E-state index contributed by atoms with van der Waals surface area (Å²) in [5.74, 6) is 0.434. The number of thiophene rings is 1. The summed E-state index contributed by atoms with van der Waals surface area (Å²) in [5, 5.41) is 7.45. The molecule has 3 nitrogen and oxygen atoms in total. The number of sulfone groups is 1. The highest BCUT2D eigenvalue weighted by Gasteiger charge is 2.13. The molecule has 0 amide bonds. The second kappa shape index (κ2) is 5.80. The molecule has 1 unspecified atom stereocenters. The Morgan fingerprint density at radius 3 is 2.62 bits per heavy atom. The number of aryl methyl sites for hydroxylation is 1. The van der Waals surface area contributed by atoms with E-state index in [4.69, 9.17) is 0 Å². The van der Waals surface area contributed by atoms with E-state index < -0.39 is 9.84 Å².